The molecule has 26 heteroatoms. The zero-order valence-electron chi connectivity index (χ0n) is 53.3. The van der Waals surface area contributed by atoms with Crippen molar-refractivity contribution < 1.29 is 127 Å². The summed E-state index contributed by atoms with van der Waals surface area (Å²) >= 11 is 0. The number of carbonyl (C=O) groups is 1. The minimum Gasteiger partial charge on any atom is -0.458 e. The van der Waals surface area contributed by atoms with Gasteiger partial charge in [0.1, 0.15) is 83.9 Å². The Labute approximate surface area is 525 Å². The molecule has 0 bridgehead atoms. The molecule has 26 nitrogen and oxygen atoms in total. The highest BCUT2D eigenvalue weighted by atomic mass is 16.8. The summed E-state index contributed by atoms with van der Waals surface area (Å²) in [5.41, 5.74) is -9.76. The van der Waals surface area contributed by atoms with Crippen molar-refractivity contribution >= 4 is 12.0 Å². The van der Waals surface area contributed by atoms with Gasteiger partial charge >= 0.3 is 5.97 Å². The van der Waals surface area contributed by atoms with Crippen LogP contribution in [0.3, 0.4) is 0 Å². The monoisotopic (exact) mass is 1280 g/mol. The summed E-state index contributed by atoms with van der Waals surface area (Å²) in [6, 6.07) is 9.18. The van der Waals surface area contributed by atoms with Gasteiger partial charge in [0.15, 0.2) is 31.5 Å². The number of hydrogen-bond acceptors (Lipinski definition) is 26. The number of ether oxygens (including phenoxy) is 15. The number of fused-ring (bicyclic) bond motifs is 5. The zero-order valence-corrected chi connectivity index (χ0v) is 53.3. The number of aliphatic hydroxyl groups is 10. The SMILES string of the molecule is COC1CC(OC2CCC3(C)C4CC(OC(=O)C=Cc5ccccc5)C5(C)C(O)(C(C)O)CCC5(O)C4(O)C=CC3(O)C2)OC(C)C1OC1CC(OC)C(OC2CC(OC)C(OC3OC(C)C(OC4OC(CO)C(O)C(O)C4O)C(OC)C3O)C(C)O2)C(C)O1. The first-order valence-corrected chi connectivity index (χ1v) is 31.8. The van der Waals surface area contributed by atoms with Gasteiger partial charge in [-0.15, -0.1) is 0 Å². The van der Waals surface area contributed by atoms with Gasteiger partial charge in [0.05, 0.1) is 72.6 Å². The minimum absolute atomic E-state index is 0.0446. The Balaban J connectivity index is 0.736. The van der Waals surface area contributed by atoms with Crippen LogP contribution in [-0.2, 0) is 75.8 Å². The molecule has 5 aliphatic heterocycles. The second-order valence-corrected chi connectivity index (χ2v) is 27.0. The summed E-state index contributed by atoms with van der Waals surface area (Å²) in [6.07, 6.45) is -17.1. The molecule has 0 spiro atoms. The number of rotatable bonds is 19. The largest absolute Gasteiger partial charge is 0.458 e. The molecule has 32 unspecified atom stereocenters. The Morgan fingerprint density at radius 3 is 1.70 bits per heavy atom. The maximum atomic E-state index is 13.7. The van der Waals surface area contributed by atoms with E-state index in [2.05, 4.69) is 0 Å². The first-order chi connectivity index (χ1) is 42.6. The summed E-state index contributed by atoms with van der Waals surface area (Å²) < 4.78 is 93.4. The first-order valence-electron chi connectivity index (χ1n) is 31.8. The Kier molecular flexibility index (Phi) is 21.3. The van der Waals surface area contributed by atoms with Gasteiger partial charge in [-0.05, 0) is 78.4 Å². The standard InChI is InChI=1S/C64H98O26/c1-31-52(87-46-26-39(77-9)53(32(2)81-46)88-47-27-40(78-10)54(33(3)82-47)89-58-51(71)56(79-11)55(34(4)83-58)90-57-50(70)49(69)48(68)41(30-65)85-57)38(76-8)25-45(80-31)84-37-19-20-59(6)42-28-43(86-44(67)18-17-36-15-13-12-14-16-36)60(7)62(73,35(5)66)23-24-64(60,75)63(42,74)22-21-61(59,72)29-37/h12-18,21-22,31-35,37-43,45-58,65-66,68-75H,19-20,23-30H2,1-11H3. The average Bonchev–Trinajstić information content (AvgIpc) is 1.33. The highest BCUT2D eigenvalue weighted by molar-refractivity contribution is 5.87. The third-order valence-electron chi connectivity index (χ3n) is 22.2. The molecule has 32 atom stereocenters. The molecule has 0 radical (unpaired) electrons. The molecule has 0 amide bonds. The Morgan fingerprint density at radius 1 is 0.622 bits per heavy atom. The van der Waals surface area contributed by atoms with Gasteiger partial charge < -0.3 is 122 Å². The summed E-state index contributed by atoms with van der Waals surface area (Å²) in [7, 11) is 6.04. The molecule has 90 heavy (non-hydrogen) atoms. The van der Waals surface area contributed by atoms with Gasteiger partial charge in [0.2, 0.25) is 0 Å². The van der Waals surface area contributed by atoms with E-state index in [0.717, 1.165) is 5.56 Å². The molecule has 510 valence electrons. The lowest BCUT2D eigenvalue weighted by Gasteiger charge is -2.68. The lowest BCUT2D eigenvalue weighted by molar-refractivity contribution is -0.374. The average molecular weight is 1280 g/mol. The van der Waals surface area contributed by atoms with Crippen LogP contribution >= 0.6 is 0 Å². The van der Waals surface area contributed by atoms with E-state index in [1.165, 1.54) is 33.3 Å². The van der Waals surface area contributed by atoms with Gasteiger partial charge in [-0.3, -0.25) is 0 Å². The molecule has 0 aromatic heterocycles. The van der Waals surface area contributed by atoms with E-state index < -0.39 is 205 Å². The van der Waals surface area contributed by atoms with Crippen molar-refractivity contribution in [2.75, 3.05) is 35.0 Å². The number of benzene rings is 1. The van der Waals surface area contributed by atoms with Crippen LogP contribution in [0.25, 0.3) is 6.08 Å². The van der Waals surface area contributed by atoms with E-state index in [4.69, 9.17) is 71.1 Å². The van der Waals surface area contributed by atoms with E-state index in [9.17, 15) is 55.9 Å². The predicted molar refractivity (Wildman–Crippen MR) is 312 cm³/mol. The van der Waals surface area contributed by atoms with Crippen LogP contribution in [0.2, 0.25) is 0 Å². The summed E-state index contributed by atoms with van der Waals surface area (Å²) in [5.74, 6) is -1.61. The molecule has 9 aliphatic rings. The molecule has 5 saturated heterocycles. The number of aliphatic hydroxyl groups excluding tert-OH is 6. The van der Waals surface area contributed by atoms with Crippen molar-refractivity contribution in [1.82, 2.24) is 0 Å². The minimum atomic E-state index is -2.11. The highest BCUT2D eigenvalue weighted by Gasteiger charge is 2.82. The van der Waals surface area contributed by atoms with Gasteiger partial charge in [0.25, 0.3) is 0 Å². The van der Waals surface area contributed by atoms with Crippen molar-refractivity contribution in [3.05, 3.63) is 54.1 Å². The van der Waals surface area contributed by atoms with Crippen LogP contribution in [0.1, 0.15) is 112 Å². The van der Waals surface area contributed by atoms with Crippen molar-refractivity contribution in [2.24, 2.45) is 16.7 Å². The molecule has 4 aliphatic carbocycles. The first kappa shape index (κ1) is 70.0. The molecule has 5 heterocycles. The molecule has 10 N–H and O–H groups in total. The lowest BCUT2D eigenvalue weighted by Crippen LogP contribution is -2.80. The summed E-state index contributed by atoms with van der Waals surface area (Å²) in [4.78, 5) is 13.7. The fourth-order valence-corrected chi connectivity index (χ4v) is 16.7. The maximum Gasteiger partial charge on any atom is 0.331 e. The fraction of sp³-hybridized carbons (Fsp3) is 0.828. The van der Waals surface area contributed by atoms with Crippen LogP contribution in [0.4, 0.5) is 0 Å². The van der Waals surface area contributed by atoms with Gasteiger partial charge in [-0.1, -0.05) is 56.3 Å². The van der Waals surface area contributed by atoms with Crippen LogP contribution < -0.4 is 0 Å². The number of esters is 1. The number of hydrogen-bond donors (Lipinski definition) is 10. The van der Waals surface area contributed by atoms with Crippen LogP contribution in [0.15, 0.2) is 48.6 Å². The molecule has 1 aromatic rings. The van der Waals surface area contributed by atoms with Crippen LogP contribution in [-0.4, -0.2) is 268 Å². The topological polar surface area (TPSA) is 358 Å². The Bertz CT molecular complexity index is 2620. The predicted octanol–water partition coefficient (Wildman–Crippen LogP) is 0.793. The van der Waals surface area contributed by atoms with E-state index in [0.29, 0.717) is 12.8 Å². The second kappa shape index (κ2) is 27.4. The third-order valence-corrected chi connectivity index (χ3v) is 22.2. The third kappa shape index (κ3) is 12.3. The van der Waals surface area contributed by atoms with Crippen molar-refractivity contribution in [2.45, 2.75) is 282 Å². The van der Waals surface area contributed by atoms with Crippen molar-refractivity contribution in [3.63, 3.8) is 0 Å². The fourth-order valence-electron chi connectivity index (χ4n) is 16.7. The second-order valence-electron chi connectivity index (χ2n) is 27.0. The molecule has 1 aromatic carbocycles. The molecular formula is C64H98O26. The van der Waals surface area contributed by atoms with Gasteiger partial charge in [-0.25, -0.2) is 4.79 Å². The molecule has 3 saturated carbocycles. The quantitative estimate of drug-likeness (QED) is 0.0520. The zero-order chi connectivity index (χ0) is 65.2. The van der Waals surface area contributed by atoms with Crippen molar-refractivity contribution in [3.8, 4) is 0 Å². The van der Waals surface area contributed by atoms with Crippen LogP contribution in [0.5, 0.6) is 0 Å². The molecule has 10 rings (SSSR count). The maximum absolute atomic E-state index is 13.7. The van der Waals surface area contributed by atoms with Crippen LogP contribution in [0, 0.1) is 16.7 Å². The van der Waals surface area contributed by atoms with E-state index in [1.54, 1.807) is 47.1 Å². The van der Waals surface area contributed by atoms with Crippen molar-refractivity contribution in [1.29, 1.82) is 0 Å². The summed E-state index contributed by atoms with van der Waals surface area (Å²) in [5, 5.41) is 115. The van der Waals surface area contributed by atoms with E-state index in [1.807, 2.05) is 51.1 Å². The van der Waals surface area contributed by atoms with E-state index in [-0.39, 0.29) is 44.9 Å². The van der Waals surface area contributed by atoms with Gasteiger partial charge in [-0.2, -0.15) is 0 Å². The molecule has 8 fully saturated rings. The Morgan fingerprint density at radius 2 is 1.16 bits per heavy atom. The summed E-state index contributed by atoms with van der Waals surface area (Å²) in [6.45, 7) is 11.3. The number of carbonyl (C=O) groups excluding carboxylic acids is 1. The highest BCUT2D eigenvalue weighted by Crippen LogP contribution is 2.71. The van der Waals surface area contributed by atoms with Gasteiger partial charge in [0, 0.05) is 71.5 Å². The normalized spacial score (nSPS) is 50.8. The Hall–Kier alpha value is -2.79. The number of methoxy groups -OCH3 is 4. The smallest absolute Gasteiger partial charge is 0.331 e. The molecular weight excluding hydrogens is 1180 g/mol. The lowest BCUT2D eigenvalue weighted by atomic mass is 9.41. The van der Waals surface area contributed by atoms with E-state index >= 15 is 0 Å².